The second-order valence-electron chi connectivity index (χ2n) is 4.94. The zero-order valence-electron chi connectivity index (χ0n) is 10.4. The molecule has 5 N–H and O–H groups in total. The normalized spacial score (nSPS) is 14.5. The van der Waals surface area contributed by atoms with E-state index in [0.29, 0.717) is 29.4 Å². The first kappa shape index (κ1) is 12.5. The molecule has 1 heterocycles. The fourth-order valence-corrected chi connectivity index (χ4v) is 1.61. The molecule has 1 aromatic carbocycles. The van der Waals surface area contributed by atoms with E-state index in [0.717, 1.165) is 0 Å². The number of benzene rings is 1. The number of hydrogen-bond acceptors (Lipinski definition) is 5. The van der Waals surface area contributed by atoms with Crippen LogP contribution in [0.4, 0.5) is 17.1 Å². The van der Waals surface area contributed by atoms with Crippen molar-refractivity contribution in [2.45, 2.75) is 19.4 Å². The van der Waals surface area contributed by atoms with Crippen molar-refractivity contribution in [2.75, 3.05) is 29.5 Å². The Morgan fingerprint density at radius 1 is 1.56 bits per heavy atom. The second kappa shape index (κ2) is 4.38. The van der Waals surface area contributed by atoms with E-state index in [-0.39, 0.29) is 12.5 Å². The number of nitrogen functional groups attached to an aromatic ring is 1. The van der Waals surface area contributed by atoms with Crippen LogP contribution in [-0.2, 0) is 4.79 Å². The average Bonchev–Trinajstić information content (AvgIpc) is 2.26. The first-order chi connectivity index (χ1) is 8.35. The molecule has 18 heavy (non-hydrogen) atoms. The van der Waals surface area contributed by atoms with Crippen LogP contribution in [0.5, 0.6) is 5.75 Å². The van der Waals surface area contributed by atoms with E-state index in [9.17, 15) is 9.90 Å². The number of hydrogen-bond donors (Lipinski definition) is 4. The van der Waals surface area contributed by atoms with Crippen LogP contribution in [0.25, 0.3) is 0 Å². The molecule has 6 heteroatoms. The summed E-state index contributed by atoms with van der Waals surface area (Å²) in [6.07, 6.45) is 0. The summed E-state index contributed by atoms with van der Waals surface area (Å²) < 4.78 is 5.25. The fourth-order valence-electron chi connectivity index (χ4n) is 1.61. The quantitative estimate of drug-likeness (QED) is 0.595. The van der Waals surface area contributed by atoms with Gasteiger partial charge in [0.15, 0.2) is 6.61 Å². The van der Waals surface area contributed by atoms with E-state index >= 15 is 0 Å². The maximum absolute atomic E-state index is 11.2. The second-order valence-corrected chi connectivity index (χ2v) is 4.94. The van der Waals surface area contributed by atoms with Gasteiger partial charge in [0, 0.05) is 12.6 Å². The van der Waals surface area contributed by atoms with Gasteiger partial charge >= 0.3 is 0 Å². The average molecular weight is 251 g/mol. The van der Waals surface area contributed by atoms with Gasteiger partial charge in [-0.1, -0.05) is 0 Å². The van der Waals surface area contributed by atoms with Crippen LogP contribution in [0, 0.1) is 0 Å². The molecule has 0 atom stereocenters. The van der Waals surface area contributed by atoms with Gasteiger partial charge in [0.1, 0.15) is 5.75 Å². The lowest BCUT2D eigenvalue weighted by Gasteiger charge is -2.22. The molecule has 0 saturated carbocycles. The highest BCUT2D eigenvalue weighted by molar-refractivity contribution is 5.97. The summed E-state index contributed by atoms with van der Waals surface area (Å²) in [7, 11) is 0. The number of aliphatic hydroxyl groups is 1. The van der Waals surface area contributed by atoms with Gasteiger partial charge < -0.3 is 26.2 Å². The zero-order valence-corrected chi connectivity index (χ0v) is 10.4. The van der Waals surface area contributed by atoms with Crippen LogP contribution in [0.3, 0.4) is 0 Å². The molecule has 1 aliphatic heterocycles. The molecule has 0 aromatic heterocycles. The van der Waals surface area contributed by atoms with Gasteiger partial charge in [-0.2, -0.15) is 0 Å². The molecule has 0 unspecified atom stereocenters. The van der Waals surface area contributed by atoms with Gasteiger partial charge in [-0.3, -0.25) is 4.79 Å². The minimum atomic E-state index is -0.845. The predicted octanol–water partition coefficient (Wildman–Crippen LogP) is 0.782. The topological polar surface area (TPSA) is 96.6 Å². The SMILES string of the molecule is CC(C)(O)CNc1cc2c(cc1N)OCC(=O)N2. The van der Waals surface area contributed by atoms with E-state index in [2.05, 4.69) is 10.6 Å². The van der Waals surface area contributed by atoms with Crippen molar-refractivity contribution in [1.29, 1.82) is 0 Å². The van der Waals surface area contributed by atoms with Crippen LogP contribution >= 0.6 is 0 Å². The van der Waals surface area contributed by atoms with E-state index < -0.39 is 5.60 Å². The number of nitrogens with two attached hydrogens (primary N) is 1. The van der Waals surface area contributed by atoms with Gasteiger partial charge in [0.05, 0.1) is 22.7 Å². The van der Waals surface area contributed by atoms with Gasteiger partial charge in [-0.15, -0.1) is 0 Å². The summed E-state index contributed by atoms with van der Waals surface area (Å²) in [5.74, 6) is 0.363. The highest BCUT2D eigenvalue weighted by Crippen LogP contribution is 2.35. The van der Waals surface area contributed by atoms with E-state index in [1.165, 1.54) is 0 Å². The lowest BCUT2D eigenvalue weighted by molar-refractivity contribution is -0.118. The first-order valence-electron chi connectivity index (χ1n) is 5.67. The Kier molecular flexibility index (Phi) is 3.04. The van der Waals surface area contributed by atoms with Crippen molar-refractivity contribution < 1.29 is 14.6 Å². The number of amides is 1. The third kappa shape index (κ3) is 2.84. The molecule has 0 bridgehead atoms. The summed E-state index contributed by atoms with van der Waals surface area (Å²) in [5, 5.41) is 15.4. The number of rotatable bonds is 3. The molecule has 0 spiro atoms. The molecule has 2 rings (SSSR count). The number of anilines is 3. The van der Waals surface area contributed by atoms with Crippen LogP contribution in [0.1, 0.15) is 13.8 Å². The number of carbonyl (C=O) groups is 1. The minimum Gasteiger partial charge on any atom is -0.482 e. The number of nitrogens with one attached hydrogen (secondary N) is 2. The van der Waals surface area contributed by atoms with Crippen LogP contribution in [-0.4, -0.2) is 29.8 Å². The highest BCUT2D eigenvalue weighted by Gasteiger charge is 2.19. The van der Waals surface area contributed by atoms with Crippen molar-refractivity contribution >= 4 is 23.0 Å². The first-order valence-corrected chi connectivity index (χ1v) is 5.67. The van der Waals surface area contributed by atoms with Gasteiger partial charge in [0.25, 0.3) is 5.91 Å². The Labute approximate surface area is 105 Å². The predicted molar refractivity (Wildman–Crippen MR) is 69.8 cm³/mol. The molecular formula is C12H17N3O3. The van der Waals surface area contributed by atoms with Crippen molar-refractivity contribution in [3.63, 3.8) is 0 Å². The lowest BCUT2D eigenvalue weighted by atomic mass is 10.1. The molecule has 98 valence electrons. The van der Waals surface area contributed by atoms with Crippen LogP contribution in [0.15, 0.2) is 12.1 Å². The summed E-state index contributed by atoms with van der Waals surface area (Å²) in [6.45, 7) is 3.74. The maximum atomic E-state index is 11.2. The number of carbonyl (C=O) groups excluding carboxylic acids is 1. The molecule has 0 saturated heterocycles. The highest BCUT2D eigenvalue weighted by atomic mass is 16.5. The molecule has 0 radical (unpaired) electrons. The fraction of sp³-hybridized carbons (Fsp3) is 0.417. The standard InChI is InChI=1S/C12H17N3O3/c1-12(2,17)6-14-8-4-9-10(3-7(8)13)18-5-11(16)15-9/h3-4,14,17H,5-6,13H2,1-2H3,(H,15,16). The molecule has 6 nitrogen and oxygen atoms in total. The summed E-state index contributed by atoms with van der Waals surface area (Å²) in [5.41, 5.74) is 6.77. The van der Waals surface area contributed by atoms with Crippen LogP contribution in [0.2, 0.25) is 0 Å². The third-order valence-electron chi connectivity index (χ3n) is 2.50. The zero-order chi connectivity index (χ0) is 13.3. The smallest absolute Gasteiger partial charge is 0.262 e. The van der Waals surface area contributed by atoms with Crippen molar-refractivity contribution in [1.82, 2.24) is 0 Å². The Morgan fingerprint density at radius 3 is 2.94 bits per heavy atom. The maximum Gasteiger partial charge on any atom is 0.262 e. The lowest BCUT2D eigenvalue weighted by Crippen LogP contribution is -2.30. The van der Waals surface area contributed by atoms with E-state index in [1.807, 2.05) is 0 Å². The number of ether oxygens (including phenoxy) is 1. The largest absolute Gasteiger partial charge is 0.482 e. The molecule has 1 aromatic rings. The molecular weight excluding hydrogens is 234 g/mol. The Balaban J connectivity index is 2.21. The van der Waals surface area contributed by atoms with Crippen molar-refractivity contribution in [3.05, 3.63) is 12.1 Å². The molecule has 0 aliphatic carbocycles. The molecule has 0 fully saturated rings. The molecule has 1 amide bonds. The molecule has 1 aliphatic rings. The summed E-state index contributed by atoms with van der Waals surface area (Å²) in [4.78, 5) is 11.2. The Hall–Kier alpha value is -1.95. The monoisotopic (exact) mass is 251 g/mol. The van der Waals surface area contributed by atoms with E-state index in [1.54, 1.807) is 26.0 Å². The van der Waals surface area contributed by atoms with Crippen molar-refractivity contribution in [2.24, 2.45) is 0 Å². The minimum absolute atomic E-state index is 0.00286. The van der Waals surface area contributed by atoms with Crippen LogP contribution < -0.4 is 21.1 Å². The summed E-state index contributed by atoms with van der Waals surface area (Å²) in [6, 6.07) is 3.36. The van der Waals surface area contributed by atoms with Crippen molar-refractivity contribution in [3.8, 4) is 5.75 Å². The number of fused-ring (bicyclic) bond motifs is 1. The van der Waals surface area contributed by atoms with E-state index in [4.69, 9.17) is 10.5 Å². The Morgan fingerprint density at radius 2 is 2.28 bits per heavy atom. The van der Waals surface area contributed by atoms with Gasteiger partial charge in [0.2, 0.25) is 0 Å². The third-order valence-corrected chi connectivity index (χ3v) is 2.50. The van der Waals surface area contributed by atoms with Gasteiger partial charge in [-0.05, 0) is 19.9 Å². The Bertz CT molecular complexity index is 480. The summed E-state index contributed by atoms with van der Waals surface area (Å²) >= 11 is 0. The van der Waals surface area contributed by atoms with Gasteiger partial charge in [-0.25, -0.2) is 0 Å².